The van der Waals surface area contributed by atoms with Gasteiger partial charge in [0.25, 0.3) is 5.91 Å². The van der Waals surface area contributed by atoms with Gasteiger partial charge in [-0.3, -0.25) is 4.79 Å². The van der Waals surface area contributed by atoms with Crippen molar-refractivity contribution in [3.05, 3.63) is 48.9 Å². The molecular weight excluding hydrogens is 230 g/mol. The first-order valence-corrected chi connectivity index (χ1v) is 5.57. The summed E-state index contributed by atoms with van der Waals surface area (Å²) >= 11 is 0. The molecule has 0 fully saturated rings. The standard InChI is InChI=1S/C13H13N3O2/c1-2-3-8-14-12(17)10-4-6-11(7-5-10)13-16-15-9-18-13/h2,4-7,9H,1,3,8H2,(H,14,17). The van der Waals surface area contributed by atoms with Crippen molar-refractivity contribution in [3.8, 4) is 11.5 Å². The molecule has 0 aliphatic rings. The number of hydrogen-bond donors (Lipinski definition) is 1. The van der Waals surface area contributed by atoms with Crippen LogP contribution in [-0.2, 0) is 0 Å². The number of nitrogens with one attached hydrogen (secondary N) is 1. The monoisotopic (exact) mass is 243 g/mol. The van der Waals surface area contributed by atoms with Crippen LogP contribution in [0.5, 0.6) is 0 Å². The Balaban J connectivity index is 2.03. The van der Waals surface area contributed by atoms with Crippen molar-refractivity contribution in [2.45, 2.75) is 6.42 Å². The molecule has 5 heteroatoms. The molecule has 0 aliphatic heterocycles. The summed E-state index contributed by atoms with van der Waals surface area (Å²) in [6.07, 6.45) is 3.79. The Morgan fingerprint density at radius 1 is 1.39 bits per heavy atom. The zero-order chi connectivity index (χ0) is 12.8. The zero-order valence-electron chi connectivity index (χ0n) is 9.80. The molecular formula is C13H13N3O2. The average Bonchev–Trinajstić information content (AvgIpc) is 2.93. The Morgan fingerprint density at radius 2 is 2.17 bits per heavy atom. The second kappa shape index (κ2) is 5.77. The van der Waals surface area contributed by atoms with Crippen LogP contribution in [0.15, 0.2) is 47.7 Å². The fourth-order valence-corrected chi connectivity index (χ4v) is 1.45. The van der Waals surface area contributed by atoms with E-state index in [1.54, 1.807) is 30.3 Å². The normalized spacial score (nSPS) is 10.0. The topological polar surface area (TPSA) is 68.0 Å². The minimum Gasteiger partial charge on any atom is -0.423 e. The minimum absolute atomic E-state index is 0.103. The molecule has 1 aromatic carbocycles. The van der Waals surface area contributed by atoms with Crippen LogP contribution in [0, 0.1) is 0 Å². The lowest BCUT2D eigenvalue weighted by atomic mass is 10.1. The summed E-state index contributed by atoms with van der Waals surface area (Å²) in [4.78, 5) is 11.7. The number of rotatable bonds is 5. The quantitative estimate of drug-likeness (QED) is 0.644. The first-order valence-electron chi connectivity index (χ1n) is 5.57. The van der Waals surface area contributed by atoms with E-state index in [1.165, 1.54) is 6.39 Å². The van der Waals surface area contributed by atoms with Crippen molar-refractivity contribution < 1.29 is 9.21 Å². The van der Waals surface area contributed by atoms with Crippen molar-refractivity contribution in [2.24, 2.45) is 0 Å². The molecule has 2 aromatic rings. The molecule has 2 rings (SSSR count). The number of benzene rings is 1. The molecule has 0 spiro atoms. The fourth-order valence-electron chi connectivity index (χ4n) is 1.45. The average molecular weight is 243 g/mol. The molecule has 0 aliphatic carbocycles. The molecule has 5 nitrogen and oxygen atoms in total. The van der Waals surface area contributed by atoms with Gasteiger partial charge in [0.2, 0.25) is 12.3 Å². The maximum Gasteiger partial charge on any atom is 0.251 e. The summed E-state index contributed by atoms with van der Waals surface area (Å²) in [6.45, 7) is 4.19. The lowest BCUT2D eigenvalue weighted by molar-refractivity contribution is 0.0954. The van der Waals surface area contributed by atoms with Crippen molar-refractivity contribution in [2.75, 3.05) is 6.54 Å². The molecule has 0 unspecified atom stereocenters. The molecule has 1 heterocycles. The molecule has 0 atom stereocenters. The summed E-state index contributed by atoms with van der Waals surface area (Å²) in [5.74, 6) is 0.336. The van der Waals surface area contributed by atoms with Crippen LogP contribution in [-0.4, -0.2) is 22.6 Å². The molecule has 0 bridgehead atoms. The highest BCUT2D eigenvalue weighted by molar-refractivity contribution is 5.94. The van der Waals surface area contributed by atoms with E-state index in [-0.39, 0.29) is 5.91 Å². The highest BCUT2D eigenvalue weighted by Crippen LogP contribution is 2.16. The number of carbonyl (C=O) groups excluding carboxylic acids is 1. The van der Waals surface area contributed by atoms with Crippen molar-refractivity contribution in [1.82, 2.24) is 15.5 Å². The number of nitrogens with zero attached hydrogens (tertiary/aromatic N) is 2. The van der Waals surface area contributed by atoms with Gasteiger partial charge in [0.05, 0.1) is 0 Å². The molecule has 1 aromatic heterocycles. The van der Waals surface area contributed by atoms with Crippen LogP contribution in [0.2, 0.25) is 0 Å². The smallest absolute Gasteiger partial charge is 0.251 e. The Hall–Kier alpha value is -2.43. The second-order valence-corrected chi connectivity index (χ2v) is 3.65. The van der Waals surface area contributed by atoms with Gasteiger partial charge in [-0.1, -0.05) is 6.08 Å². The summed E-state index contributed by atoms with van der Waals surface area (Å²) in [5, 5.41) is 10.2. The van der Waals surface area contributed by atoms with Gasteiger partial charge in [0, 0.05) is 17.7 Å². The van der Waals surface area contributed by atoms with Crippen molar-refractivity contribution in [3.63, 3.8) is 0 Å². The first kappa shape index (κ1) is 12.0. The van der Waals surface area contributed by atoms with Gasteiger partial charge in [0.15, 0.2) is 0 Å². The van der Waals surface area contributed by atoms with Crippen molar-refractivity contribution in [1.29, 1.82) is 0 Å². The Bertz CT molecular complexity index is 518. The van der Waals surface area contributed by atoms with Crippen LogP contribution >= 0.6 is 0 Å². The molecule has 1 amide bonds. The van der Waals surface area contributed by atoms with Crippen LogP contribution in [0.4, 0.5) is 0 Å². The third kappa shape index (κ3) is 2.82. The van der Waals surface area contributed by atoms with Gasteiger partial charge < -0.3 is 9.73 Å². The van der Waals surface area contributed by atoms with E-state index in [9.17, 15) is 4.79 Å². The minimum atomic E-state index is -0.103. The Labute approximate surface area is 105 Å². The molecule has 0 radical (unpaired) electrons. The predicted molar refractivity (Wildman–Crippen MR) is 66.9 cm³/mol. The summed E-state index contributed by atoms with van der Waals surface area (Å²) < 4.78 is 5.07. The SMILES string of the molecule is C=CCCNC(=O)c1ccc(-c2nnco2)cc1. The molecule has 18 heavy (non-hydrogen) atoms. The molecule has 92 valence electrons. The van der Waals surface area contributed by atoms with Gasteiger partial charge in [-0.15, -0.1) is 16.8 Å². The third-order valence-electron chi connectivity index (χ3n) is 2.39. The van der Waals surface area contributed by atoms with E-state index in [2.05, 4.69) is 22.1 Å². The van der Waals surface area contributed by atoms with Gasteiger partial charge in [-0.25, -0.2) is 0 Å². The van der Waals surface area contributed by atoms with Gasteiger partial charge >= 0.3 is 0 Å². The largest absolute Gasteiger partial charge is 0.423 e. The molecule has 1 N–H and O–H groups in total. The lowest BCUT2D eigenvalue weighted by Gasteiger charge is -2.03. The third-order valence-corrected chi connectivity index (χ3v) is 2.39. The highest BCUT2D eigenvalue weighted by Gasteiger charge is 2.07. The van der Waals surface area contributed by atoms with E-state index in [0.29, 0.717) is 18.0 Å². The van der Waals surface area contributed by atoms with Crippen LogP contribution in [0.3, 0.4) is 0 Å². The first-order chi connectivity index (χ1) is 8.81. The fraction of sp³-hybridized carbons (Fsp3) is 0.154. The Morgan fingerprint density at radius 3 is 2.78 bits per heavy atom. The van der Waals surface area contributed by atoms with E-state index in [1.807, 2.05) is 0 Å². The predicted octanol–water partition coefficient (Wildman–Crippen LogP) is 2.04. The van der Waals surface area contributed by atoms with Crippen LogP contribution in [0.25, 0.3) is 11.5 Å². The molecule has 0 saturated heterocycles. The van der Waals surface area contributed by atoms with E-state index in [4.69, 9.17) is 4.42 Å². The maximum atomic E-state index is 11.7. The zero-order valence-corrected chi connectivity index (χ0v) is 9.80. The summed E-state index contributed by atoms with van der Waals surface area (Å²) in [5.41, 5.74) is 1.39. The van der Waals surface area contributed by atoms with Crippen LogP contribution < -0.4 is 5.32 Å². The second-order valence-electron chi connectivity index (χ2n) is 3.65. The van der Waals surface area contributed by atoms with Gasteiger partial charge in [0.1, 0.15) is 0 Å². The van der Waals surface area contributed by atoms with E-state index < -0.39 is 0 Å². The van der Waals surface area contributed by atoms with Gasteiger partial charge in [-0.05, 0) is 30.7 Å². The highest BCUT2D eigenvalue weighted by atomic mass is 16.4. The number of hydrogen-bond acceptors (Lipinski definition) is 4. The van der Waals surface area contributed by atoms with E-state index in [0.717, 1.165) is 12.0 Å². The number of carbonyl (C=O) groups is 1. The number of aromatic nitrogens is 2. The molecule has 0 saturated carbocycles. The van der Waals surface area contributed by atoms with Crippen molar-refractivity contribution >= 4 is 5.91 Å². The van der Waals surface area contributed by atoms with Gasteiger partial charge in [-0.2, -0.15) is 0 Å². The Kier molecular flexibility index (Phi) is 3.86. The lowest BCUT2D eigenvalue weighted by Crippen LogP contribution is -2.23. The number of amides is 1. The summed E-state index contributed by atoms with van der Waals surface area (Å²) in [7, 11) is 0. The summed E-state index contributed by atoms with van der Waals surface area (Å²) in [6, 6.07) is 7.00. The maximum absolute atomic E-state index is 11.7. The van der Waals surface area contributed by atoms with E-state index >= 15 is 0 Å². The van der Waals surface area contributed by atoms with Crippen LogP contribution in [0.1, 0.15) is 16.8 Å².